The second-order valence-corrected chi connectivity index (χ2v) is 8.53. The number of nitrogens with one attached hydrogen (secondary N) is 1. The normalized spacial score (nSPS) is 16.5. The van der Waals surface area contributed by atoms with E-state index in [1.165, 1.54) is 10.6 Å². The third kappa shape index (κ3) is 4.28. The minimum Gasteiger partial charge on any atom is -0.352 e. The lowest BCUT2D eigenvalue weighted by molar-refractivity contribution is -0.126. The molecule has 0 atom stereocenters. The highest BCUT2D eigenvalue weighted by Gasteiger charge is 2.28. The summed E-state index contributed by atoms with van der Waals surface area (Å²) in [5.74, 6) is -0.177. The molecule has 0 aromatic carbocycles. The van der Waals surface area contributed by atoms with Crippen molar-refractivity contribution in [3.05, 3.63) is 36.2 Å². The molecule has 1 saturated heterocycles. The Bertz CT molecular complexity index is 868. The van der Waals surface area contributed by atoms with Crippen molar-refractivity contribution in [1.82, 2.24) is 24.4 Å². The molecule has 1 amide bonds. The maximum absolute atomic E-state index is 12.3. The van der Waals surface area contributed by atoms with Crippen molar-refractivity contribution in [2.75, 3.05) is 19.3 Å². The number of aryl methyl sites for hydroxylation is 1. The predicted octanol–water partition coefficient (Wildman–Crippen LogP) is 0.770. The molecule has 0 unspecified atom stereocenters. The van der Waals surface area contributed by atoms with E-state index in [-0.39, 0.29) is 11.8 Å². The number of piperidine rings is 1. The zero-order chi connectivity index (χ0) is 18.7. The van der Waals surface area contributed by atoms with E-state index in [4.69, 9.17) is 0 Å². The van der Waals surface area contributed by atoms with Crippen LogP contribution in [0.3, 0.4) is 0 Å². The molecule has 140 valence electrons. The van der Waals surface area contributed by atoms with E-state index in [0.29, 0.717) is 32.5 Å². The van der Waals surface area contributed by atoms with Gasteiger partial charge < -0.3 is 5.32 Å². The van der Waals surface area contributed by atoms with Gasteiger partial charge in [0.1, 0.15) is 0 Å². The number of sulfonamides is 1. The molecule has 0 saturated carbocycles. The van der Waals surface area contributed by atoms with E-state index >= 15 is 0 Å². The molecule has 0 bridgehead atoms. The fraction of sp³-hybridized carbons (Fsp3) is 0.471. The number of amides is 1. The van der Waals surface area contributed by atoms with E-state index in [1.54, 1.807) is 17.1 Å². The van der Waals surface area contributed by atoms with Crippen molar-refractivity contribution in [2.45, 2.75) is 19.4 Å². The largest absolute Gasteiger partial charge is 0.352 e. The lowest BCUT2D eigenvalue weighted by Crippen LogP contribution is -2.42. The molecule has 26 heavy (non-hydrogen) atoms. The first kappa shape index (κ1) is 18.5. The quantitative estimate of drug-likeness (QED) is 0.830. The number of carbonyl (C=O) groups excluding carboxylic acids is 1. The Morgan fingerprint density at radius 1 is 1.27 bits per heavy atom. The predicted molar refractivity (Wildman–Crippen MR) is 97.4 cm³/mol. The number of nitrogens with zero attached hydrogens (tertiary/aromatic N) is 4. The number of aromatic nitrogens is 3. The van der Waals surface area contributed by atoms with Crippen LogP contribution in [0.25, 0.3) is 11.4 Å². The van der Waals surface area contributed by atoms with Gasteiger partial charge >= 0.3 is 0 Å². The summed E-state index contributed by atoms with van der Waals surface area (Å²) >= 11 is 0. The second-order valence-electron chi connectivity index (χ2n) is 6.55. The fourth-order valence-electron chi connectivity index (χ4n) is 3.09. The van der Waals surface area contributed by atoms with Gasteiger partial charge in [0.2, 0.25) is 15.9 Å². The fourth-order valence-corrected chi connectivity index (χ4v) is 3.96. The van der Waals surface area contributed by atoms with Crippen molar-refractivity contribution in [1.29, 1.82) is 0 Å². The van der Waals surface area contributed by atoms with Crippen molar-refractivity contribution >= 4 is 15.9 Å². The molecule has 0 radical (unpaired) electrons. The van der Waals surface area contributed by atoms with Gasteiger partial charge in [0.15, 0.2) is 0 Å². The summed E-state index contributed by atoms with van der Waals surface area (Å²) in [5.41, 5.74) is 2.67. The Balaban J connectivity index is 1.51. The van der Waals surface area contributed by atoms with E-state index in [0.717, 1.165) is 17.0 Å². The van der Waals surface area contributed by atoms with Gasteiger partial charge in [0, 0.05) is 45.0 Å². The van der Waals surface area contributed by atoms with Gasteiger partial charge in [-0.3, -0.25) is 14.5 Å². The Labute approximate surface area is 153 Å². The Morgan fingerprint density at radius 3 is 2.54 bits per heavy atom. The molecule has 1 aliphatic rings. The van der Waals surface area contributed by atoms with Gasteiger partial charge in [-0.25, -0.2) is 12.7 Å². The lowest BCUT2D eigenvalue weighted by Gasteiger charge is -2.29. The topological polar surface area (TPSA) is 97.2 Å². The molecule has 2 aromatic rings. The summed E-state index contributed by atoms with van der Waals surface area (Å²) < 4.78 is 26.2. The summed E-state index contributed by atoms with van der Waals surface area (Å²) in [6, 6.07) is 5.73. The molecule has 0 aliphatic carbocycles. The van der Waals surface area contributed by atoms with E-state index in [1.807, 2.05) is 25.2 Å². The maximum atomic E-state index is 12.3. The summed E-state index contributed by atoms with van der Waals surface area (Å²) in [5, 5.41) is 7.05. The number of rotatable bonds is 5. The minimum absolute atomic E-state index is 0.0335. The third-order valence-corrected chi connectivity index (χ3v) is 5.97. The number of carbonyl (C=O) groups is 1. The average Bonchev–Trinajstić information content (AvgIpc) is 3.05. The molecule has 1 N–H and O–H groups in total. The molecule has 1 aliphatic heterocycles. The molecule has 8 nitrogen and oxygen atoms in total. The molecule has 3 rings (SSSR count). The molecule has 9 heteroatoms. The zero-order valence-corrected chi connectivity index (χ0v) is 15.7. The first-order valence-corrected chi connectivity index (χ1v) is 10.4. The van der Waals surface area contributed by atoms with Gasteiger partial charge in [-0.15, -0.1) is 0 Å². The van der Waals surface area contributed by atoms with Crippen LogP contribution in [0, 0.1) is 5.92 Å². The summed E-state index contributed by atoms with van der Waals surface area (Å²) in [4.78, 5) is 16.7. The van der Waals surface area contributed by atoms with Crippen LogP contribution in [0.15, 0.2) is 30.6 Å². The monoisotopic (exact) mass is 377 g/mol. The van der Waals surface area contributed by atoms with Crippen LogP contribution in [-0.2, 0) is 28.4 Å². The second kappa shape index (κ2) is 7.55. The van der Waals surface area contributed by atoms with Gasteiger partial charge in [-0.05, 0) is 30.5 Å². The van der Waals surface area contributed by atoms with E-state index < -0.39 is 10.0 Å². The average molecular weight is 377 g/mol. The third-order valence-electron chi connectivity index (χ3n) is 4.67. The molecule has 3 heterocycles. The highest BCUT2D eigenvalue weighted by atomic mass is 32.2. The summed E-state index contributed by atoms with van der Waals surface area (Å²) in [6.45, 7) is 1.21. The Hall–Kier alpha value is -2.26. The van der Waals surface area contributed by atoms with Crippen LogP contribution < -0.4 is 5.32 Å². The number of pyridine rings is 1. The lowest BCUT2D eigenvalue weighted by atomic mass is 9.97. The highest BCUT2D eigenvalue weighted by molar-refractivity contribution is 7.88. The van der Waals surface area contributed by atoms with Crippen LogP contribution in [0.1, 0.15) is 18.4 Å². The van der Waals surface area contributed by atoms with Crippen LogP contribution >= 0.6 is 0 Å². The molecular weight excluding hydrogens is 354 g/mol. The summed E-state index contributed by atoms with van der Waals surface area (Å²) in [7, 11) is -1.31. The van der Waals surface area contributed by atoms with Crippen molar-refractivity contribution < 1.29 is 13.2 Å². The van der Waals surface area contributed by atoms with Crippen LogP contribution in [0.4, 0.5) is 0 Å². The first-order valence-electron chi connectivity index (χ1n) is 8.51. The smallest absolute Gasteiger partial charge is 0.223 e. The van der Waals surface area contributed by atoms with E-state index in [9.17, 15) is 13.2 Å². The molecular formula is C17H23N5O3S. The first-order chi connectivity index (χ1) is 12.3. The van der Waals surface area contributed by atoms with Gasteiger partial charge in [0.05, 0.1) is 17.6 Å². The maximum Gasteiger partial charge on any atom is 0.223 e. The number of hydrogen-bond donors (Lipinski definition) is 1. The summed E-state index contributed by atoms with van der Waals surface area (Å²) in [6.07, 6.45) is 5.78. The van der Waals surface area contributed by atoms with Crippen molar-refractivity contribution in [2.24, 2.45) is 13.0 Å². The minimum atomic E-state index is -3.17. The Morgan fingerprint density at radius 2 is 2.00 bits per heavy atom. The SMILES string of the molecule is Cn1nccc1-c1ccc(CNC(=O)C2CCN(S(C)(=O)=O)CC2)cn1. The molecule has 0 spiro atoms. The van der Waals surface area contributed by atoms with Gasteiger partial charge in [-0.2, -0.15) is 5.10 Å². The molecule has 1 fully saturated rings. The van der Waals surface area contributed by atoms with Crippen molar-refractivity contribution in [3.8, 4) is 11.4 Å². The van der Waals surface area contributed by atoms with E-state index in [2.05, 4.69) is 15.4 Å². The standard InChI is InChI=1S/C17H23N5O3S/c1-21-16(5-8-20-21)15-4-3-13(11-18-15)12-19-17(23)14-6-9-22(10-7-14)26(2,24)25/h3-5,8,11,14H,6-7,9-10,12H2,1-2H3,(H,19,23). The van der Waals surface area contributed by atoms with Crippen LogP contribution in [-0.4, -0.2) is 52.7 Å². The zero-order valence-electron chi connectivity index (χ0n) is 14.9. The Kier molecular flexibility index (Phi) is 5.38. The highest BCUT2D eigenvalue weighted by Crippen LogP contribution is 2.20. The molecule has 2 aromatic heterocycles. The van der Waals surface area contributed by atoms with Crippen molar-refractivity contribution in [3.63, 3.8) is 0 Å². The van der Waals surface area contributed by atoms with Gasteiger partial charge in [0.25, 0.3) is 0 Å². The van der Waals surface area contributed by atoms with Crippen LogP contribution in [0.5, 0.6) is 0 Å². The van der Waals surface area contributed by atoms with Crippen LogP contribution in [0.2, 0.25) is 0 Å². The van der Waals surface area contributed by atoms with Gasteiger partial charge in [-0.1, -0.05) is 6.07 Å². The number of hydrogen-bond acceptors (Lipinski definition) is 5.